The van der Waals surface area contributed by atoms with Crippen molar-refractivity contribution >= 4 is 12.1 Å². The third kappa shape index (κ3) is 16.0. The van der Waals surface area contributed by atoms with Crippen LogP contribution in [0.1, 0.15) is 32.0 Å². The molecule has 43 heavy (non-hydrogen) atoms. The Morgan fingerprint density at radius 1 is 0.837 bits per heavy atom. The highest BCUT2D eigenvalue weighted by Gasteiger charge is 2.26. The molecule has 0 radical (unpaired) electrons. The van der Waals surface area contributed by atoms with Gasteiger partial charge in [0, 0.05) is 6.42 Å². The van der Waals surface area contributed by atoms with Gasteiger partial charge in [0.05, 0.1) is 45.8 Å². The molecular formula is C30H38N4O9. The number of alkyl carbamates (subject to hydrolysis) is 1. The van der Waals surface area contributed by atoms with E-state index in [9.17, 15) is 9.59 Å². The third-order valence-corrected chi connectivity index (χ3v) is 5.21. The molecule has 1 heterocycles. The van der Waals surface area contributed by atoms with E-state index in [-0.39, 0.29) is 6.42 Å². The molecule has 2 rings (SSSR count). The van der Waals surface area contributed by atoms with Crippen molar-refractivity contribution < 1.29 is 42.7 Å². The minimum absolute atomic E-state index is 0.141. The van der Waals surface area contributed by atoms with E-state index in [1.165, 1.54) is 6.20 Å². The number of pyridine rings is 1. The number of carbonyl (C=O) groups is 2. The zero-order valence-electron chi connectivity index (χ0n) is 24.7. The Morgan fingerprint density at radius 3 is 1.91 bits per heavy atom. The van der Waals surface area contributed by atoms with E-state index < -0.39 is 30.3 Å². The molecule has 2 aromatic rings. The molecule has 0 aliphatic carbocycles. The largest absolute Gasteiger partial charge is 0.491 e. The lowest BCUT2D eigenvalue weighted by atomic mass is 10.1. The highest BCUT2D eigenvalue weighted by atomic mass is 16.6. The summed E-state index contributed by atoms with van der Waals surface area (Å²) in [5.41, 5.74) is 0.346. The molecule has 0 aliphatic heterocycles. The maximum atomic E-state index is 12.4. The molecule has 0 saturated carbocycles. The molecule has 1 aromatic heterocycles. The van der Waals surface area contributed by atoms with Gasteiger partial charge < -0.3 is 38.5 Å². The second-order valence-electron chi connectivity index (χ2n) is 9.84. The second kappa shape index (κ2) is 19.6. The molecule has 1 amide bonds. The molecule has 0 bridgehead atoms. The Balaban J connectivity index is 1.55. The average molecular weight is 599 g/mol. The number of ether oxygens (including phenoxy) is 7. The Morgan fingerprint density at radius 2 is 1.40 bits per heavy atom. The van der Waals surface area contributed by atoms with Crippen molar-refractivity contribution in [3.8, 4) is 23.6 Å². The van der Waals surface area contributed by atoms with Crippen LogP contribution in [-0.2, 0) is 34.9 Å². The first kappa shape index (κ1) is 34.8. The maximum absolute atomic E-state index is 12.4. The van der Waals surface area contributed by atoms with E-state index >= 15 is 0 Å². The monoisotopic (exact) mass is 598 g/mol. The molecular weight excluding hydrogens is 560 g/mol. The maximum Gasteiger partial charge on any atom is 0.408 e. The van der Waals surface area contributed by atoms with Crippen molar-refractivity contribution in [3.05, 3.63) is 53.9 Å². The van der Waals surface area contributed by atoms with Gasteiger partial charge in [-0.05, 0) is 50.6 Å². The Hall–Kier alpha value is -4.43. The minimum atomic E-state index is -1.02. The summed E-state index contributed by atoms with van der Waals surface area (Å²) >= 11 is 0. The normalized spacial score (nSPS) is 11.5. The van der Waals surface area contributed by atoms with Crippen LogP contribution < -0.4 is 14.8 Å². The number of nitrogens with one attached hydrogen (secondary N) is 1. The first-order chi connectivity index (χ1) is 20.7. The number of carbonyl (C=O) groups excluding carboxylic acids is 2. The molecule has 1 atom stereocenters. The van der Waals surface area contributed by atoms with Gasteiger partial charge in [0.15, 0.2) is 6.61 Å². The van der Waals surface area contributed by atoms with Crippen LogP contribution in [0, 0.1) is 22.7 Å². The standard InChI is InChI=1S/C30H38N4O9/c1-30(2,3)43-29(36)34-27(28(35)42-11-10-31)20-23-4-7-25(8-5-23)40-18-16-38-14-12-37-13-15-39-17-19-41-26-9-6-24(21-32)33-22-26/h4-9,22,27H,11-20H2,1-3H3,(H,34,36)/t27-/m0/s1. The summed E-state index contributed by atoms with van der Waals surface area (Å²) in [7, 11) is 0. The van der Waals surface area contributed by atoms with Crippen molar-refractivity contribution in [2.45, 2.75) is 38.8 Å². The van der Waals surface area contributed by atoms with Crippen molar-refractivity contribution in [3.63, 3.8) is 0 Å². The summed E-state index contributed by atoms with van der Waals surface area (Å²) in [5, 5.41) is 19.9. The summed E-state index contributed by atoms with van der Waals surface area (Å²) in [4.78, 5) is 28.5. The topological polar surface area (TPSA) is 171 Å². The highest BCUT2D eigenvalue weighted by Crippen LogP contribution is 2.15. The first-order valence-corrected chi connectivity index (χ1v) is 13.7. The highest BCUT2D eigenvalue weighted by molar-refractivity contribution is 5.81. The number of amides is 1. The number of esters is 1. The van der Waals surface area contributed by atoms with Crippen LogP contribution >= 0.6 is 0 Å². The summed E-state index contributed by atoms with van der Waals surface area (Å²) in [5.74, 6) is 0.460. The molecule has 1 aromatic carbocycles. The Labute approximate surface area is 251 Å². The van der Waals surface area contributed by atoms with Crippen LogP contribution in [0.3, 0.4) is 0 Å². The van der Waals surface area contributed by atoms with Gasteiger partial charge in [-0.3, -0.25) is 0 Å². The number of hydrogen-bond acceptors (Lipinski definition) is 12. The molecule has 0 unspecified atom stereocenters. The Kier molecular flexibility index (Phi) is 15.9. The number of benzene rings is 1. The zero-order chi connectivity index (χ0) is 31.3. The summed E-state index contributed by atoms with van der Waals surface area (Å²) in [6.45, 7) is 7.86. The van der Waals surface area contributed by atoms with E-state index in [0.29, 0.717) is 70.0 Å². The van der Waals surface area contributed by atoms with E-state index in [0.717, 1.165) is 5.56 Å². The Bertz CT molecular complexity index is 1190. The summed E-state index contributed by atoms with van der Waals surface area (Å²) in [6, 6.07) is 13.0. The fourth-order valence-electron chi connectivity index (χ4n) is 3.32. The van der Waals surface area contributed by atoms with Crippen molar-refractivity contribution in [2.24, 2.45) is 0 Å². The number of nitriles is 2. The van der Waals surface area contributed by atoms with Gasteiger partial charge in [0.25, 0.3) is 0 Å². The molecule has 0 spiro atoms. The van der Waals surface area contributed by atoms with Crippen LogP contribution in [0.15, 0.2) is 42.6 Å². The molecule has 13 heteroatoms. The van der Waals surface area contributed by atoms with E-state index in [1.807, 2.05) is 6.07 Å². The van der Waals surface area contributed by atoms with Gasteiger partial charge in [-0.1, -0.05) is 12.1 Å². The fourth-order valence-corrected chi connectivity index (χ4v) is 3.32. The molecule has 13 nitrogen and oxygen atoms in total. The summed E-state index contributed by atoms with van der Waals surface area (Å²) in [6.07, 6.45) is 0.878. The van der Waals surface area contributed by atoms with E-state index in [2.05, 4.69) is 10.3 Å². The van der Waals surface area contributed by atoms with E-state index in [4.69, 9.17) is 43.7 Å². The van der Waals surface area contributed by atoms with Gasteiger partial charge in [-0.15, -0.1) is 0 Å². The average Bonchev–Trinajstić information content (AvgIpc) is 2.98. The van der Waals surface area contributed by atoms with Gasteiger partial charge in [-0.25, -0.2) is 14.6 Å². The number of hydrogen-bond donors (Lipinski definition) is 1. The lowest BCUT2D eigenvalue weighted by Crippen LogP contribution is -2.45. The van der Waals surface area contributed by atoms with Crippen LogP contribution in [0.4, 0.5) is 4.79 Å². The van der Waals surface area contributed by atoms with Crippen molar-refractivity contribution in [1.29, 1.82) is 10.5 Å². The van der Waals surface area contributed by atoms with Gasteiger partial charge in [0.1, 0.15) is 54.2 Å². The molecule has 0 fully saturated rings. The van der Waals surface area contributed by atoms with Crippen LogP contribution in [0.5, 0.6) is 11.5 Å². The number of rotatable bonds is 19. The van der Waals surface area contributed by atoms with Gasteiger partial charge in [-0.2, -0.15) is 10.5 Å². The minimum Gasteiger partial charge on any atom is -0.491 e. The molecule has 0 aliphatic rings. The van der Waals surface area contributed by atoms with Crippen LogP contribution in [0.2, 0.25) is 0 Å². The lowest BCUT2D eigenvalue weighted by molar-refractivity contribution is -0.144. The third-order valence-electron chi connectivity index (χ3n) is 5.21. The van der Waals surface area contributed by atoms with Crippen molar-refractivity contribution in [1.82, 2.24) is 10.3 Å². The first-order valence-electron chi connectivity index (χ1n) is 13.7. The van der Waals surface area contributed by atoms with E-state index in [1.54, 1.807) is 63.2 Å². The van der Waals surface area contributed by atoms with Crippen LogP contribution in [0.25, 0.3) is 0 Å². The smallest absolute Gasteiger partial charge is 0.408 e. The predicted octanol–water partition coefficient (Wildman–Crippen LogP) is 2.96. The quantitative estimate of drug-likeness (QED) is 0.185. The molecule has 0 saturated heterocycles. The zero-order valence-corrected chi connectivity index (χ0v) is 24.7. The number of aromatic nitrogens is 1. The van der Waals surface area contributed by atoms with Gasteiger partial charge >= 0.3 is 12.1 Å². The summed E-state index contributed by atoms with van der Waals surface area (Å²) < 4.78 is 37.7. The van der Waals surface area contributed by atoms with Crippen LogP contribution in [-0.4, -0.2) is 88.2 Å². The van der Waals surface area contributed by atoms with Crippen molar-refractivity contribution in [2.75, 3.05) is 59.5 Å². The molecule has 1 N–H and O–H groups in total. The fraction of sp³-hybridized carbons (Fsp3) is 0.500. The predicted molar refractivity (Wildman–Crippen MR) is 152 cm³/mol. The SMILES string of the molecule is CC(C)(C)OC(=O)N[C@@H](Cc1ccc(OCCOCCOCCOCCOc2ccc(C#N)nc2)cc1)C(=O)OCC#N. The lowest BCUT2D eigenvalue weighted by Gasteiger charge is -2.22. The molecule has 232 valence electrons. The number of nitrogens with zero attached hydrogens (tertiary/aromatic N) is 3. The van der Waals surface area contributed by atoms with Gasteiger partial charge in [0.2, 0.25) is 0 Å². The second-order valence-corrected chi connectivity index (χ2v) is 9.84.